The van der Waals surface area contributed by atoms with Gasteiger partial charge in [-0.3, -0.25) is 0 Å². The quantitative estimate of drug-likeness (QED) is 0.580. The Hall–Kier alpha value is 0.220. The summed E-state index contributed by atoms with van der Waals surface area (Å²) in [6, 6.07) is -0.676. The van der Waals surface area contributed by atoms with Gasteiger partial charge in [0.2, 0.25) is 0 Å². The van der Waals surface area contributed by atoms with Crippen LogP contribution in [0.1, 0.15) is 0 Å². The molecule has 0 aliphatic heterocycles. The minimum atomic E-state index is -0.926. The summed E-state index contributed by atoms with van der Waals surface area (Å²) in [5.74, 6) is -0.926. The van der Waals surface area contributed by atoms with Crippen LogP contribution in [0.4, 0.5) is 0 Å². The molecule has 0 fully saturated rings. The van der Waals surface area contributed by atoms with Crippen molar-refractivity contribution in [2.24, 2.45) is 5.73 Å². The molecule has 4 heteroatoms. The van der Waals surface area contributed by atoms with Gasteiger partial charge in [-0.2, -0.15) is 0 Å². The van der Waals surface area contributed by atoms with Crippen molar-refractivity contribution < 1.29 is 9.90 Å². The molecule has 1 radical (unpaired) electrons. The van der Waals surface area contributed by atoms with Crippen LogP contribution >= 0.6 is 0 Å². The Morgan fingerprint density at radius 1 is 2.00 bits per heavy atom. The van der Waals surface area contributed by atoms with Crippen LogP contribution in [0.15, 0.2) is 0 Å². The molecular weight excluding hydrogens is 210 g/mol. The van der Waals surface area contributed by atoms with Crippen molar-refractivity contribution in [2.45, 2.75) is 10.5 Å². The van der Waals surface area contributed by atoms with E-state index < -0.39 is 12.0 Å². The maximum atomic E-state index is 9.81. The van der Waals surface area contributed by atoms with E-state index in [-0.39, 0.29) is 0 Å². The fraction of sp³-hybridized carbons (Fsp3) is 0.667. The van der Waals surface area contributed by atoms with Crippen LogP contribution in [0.2, 0.25) is 4.47 Å². The standard InChI is InChI=1S/C3H6NO2Te/c4-2(1-7)3(5)6/h2H,1,4H2,(H,5,6)/t2-/m0/s1. The summed E-state index contributed by atoms with van der Waals surface area (Å²) in [5.41, 5.74) is 5.02. The second-order valence-corrected chi connectivity index (χ2v) is 2.06. The van der Waals surface area contributed by atoms with E-state index in [0.717, 1.165) is 0 Å². The maximum absolute atomic E-state index is 9.81. The minimum absolute atomic E-state index is 0.505. The summed E-state index contributed by atoms with van der Waals surface area (Å²) in [6.07, 6.45) is 0. The SMILES string of the molecule is N[C@@H](C[Te])C(=O)O. The third-order valence-corrected chi connectivity index (χ3v) is 1.52. The Morgan fingerprint density at radius 2 is 2.43 bits per heavy atom. The average Bonchev–Trinajstić information content (AvgIpc) is 1.65. The Labute approximate surface area is 54.8 Å². The fourth-order valence-corrected chi connectivity index (χ4v) is 0.478. The molecule has 0 rings (SSSR count). The van der Waals surface area contributed by atoms with Crippen LogP contribution in [0.5, 0.6) is 0 Å². The Kier molecular flexibility index (Phi) is 3.35. The summed E-state index contributed by atoms with van der Waals surface area (Å²) in [7, 11) is 0. The molecule has 7 heavy (non-hydrogen) atoms. The Bertz CT molecular complexity index is 75.3. The number of carboxylic acid groups (broad SMARTS) is 1. The zero-order valence-corrected chi connectivity index (χ0v) is 5.96. The predicted octanol–water partition coefficient (Wildman–Crippen LogP) is -1.01. The number of aliphatic carboxylic acids is 1. The van der Waals surface area contributed by atoms with Gasteiger partial charge in [-0.1, -0.05) is 0 Å². The van der Waals surface area contributed by atoms with E-state index in [1.54, 1.807) is 22.3 Å². The summed E-state index contributed by atoms with van der Waals surface area (Å²) in [6.45, 7) is 0. The van der Waals surface area contributed by atoms with E-state index in [9.17, 15) is 4.79 Å². The average molecular weight is 216 g/mol. The third-order valence-electron chi connectivity index (χ3n) is 0.497. The van der Waals surface area contributed by atoms with Gasteiger partial charge in [-0.15, -0.1) is 0 Å². The summed E-state index contributed by atoms with van der Waals surface area (Å²) in [5, 5.41) is 8.06. The summed E-state index contributed by atoms with van der Waals surface area (Å²) in [4.78, 5) is 9.81. The Balaban J connectivity index is 3.34. The van der Waals surface area contributed by atoms with Crippen molar-refractivity contribution in [1.29, 1.82) is 0 Å². The molecular formula is C3H6NO2Te. The normalized spacial score (nSPS) is 13.4. The van der Waals surface area contributed by atoms with Gasteiger partial charge in [0.15, 0.2) is 0 Å². The van der Waals surface area contributed by atoms with Crippen molar-refractivity contribution >= 4 is 28.3 Å². The molecule has 0 aromatic rings. The number of nitrogens with two attached hydrogens (primary N) is 1. The van der Waals surface area contributed by atoms with Crippen LogP contribution in [0, 0.1) is 0 Å². The molecule has 0 aromatic carbocycles. The molecule has 0 spiro atoms. The van der Waals surface area contributed by atoms with Gasteiger partial charge in [0.1, 0.15) is 0 Å². The summed E-state index contributed by atoms with van der Waals surface area (Å²) < 4.78 is 0.505. The molecule has 41 valence electrons. The molecule has 0 aliphatic rings. The van der Waals surface area contributed by atoms with E-state index >= 15 is 0 Å². The van der Waals surface area contributed by atoms with Gasteiger partial charge >= 0.3 is 54.4 Å². The molecule has 3 nitrogen and oxygen atoms in total. The zero-order valence-electron chi connectivity index (χ0n) is 3.63. The van der Waals surface area contributed by atoms with Gasteiger partial charge in [-0.05, 0) is 0 Å². The van der Waals surface area contributed by atoms with Gasteiger partial charge in [0, 0.05) is 0 Å². The number of carboxylic acids is 1. The van der Waals surface area contributed by atoms with Gasteiger partial charge in [0.05, 0.1) is 0 Å². The fourth-order valence-electron chi connectivity index (χ4n) is 0.0713. The molecule has 0 unspecified atom stereocenters. The molecule has 0 aliphatic carbocycles. The van der Waals surface area contributed by atoms with Crippen molar-refractivity contribution in [3.63, 3.8) is 0 Å². The van der Waals surface area contributed by atoms with Gasteiger partial charge in [0.25, 0.3) is 0 Å². The number of rotatable bonds is 2. The first-order chi connectivity index (χ1) is 3.18. The van der Waals surface area contributed by atoms with Crippen molar-refractivity contribution in [2.75, 3.05) is 0 Å². The zero-order chi connectivity index (χ0) is 5.86. The summed E-state index contributed by atoms with van der Waals surface area (Å²) >= 11 is 1.67. The van der Waals surface area contributed by atoms with E-state index in [0.29, 0.717) is 4.47 Å². The first-order valence-corrected chi connectivity index (χ1v) is 3.39. The van der Waals surface area contributed by atoms with Gasteiger partial charge < -0.3 is 0 Å². The Morgan fingerprint density at radius 3 is 2.43 bits per heavy atom. The van der Waals surface area contributed by atoms with Crippen LogP contribution in [-0.2, 0) is 4.79 Å². The van der Waals surface area contributed by atoms with Crippen molar-refractivity contribution in [3.05, 3.63) is 0 Å². The molecule has 0 heterocycles. The molecule has 0 saturated heterocycles. The van der Waals surface area contributed by atoms with E-state index in [1.807, 2.05) is 0 Å². The van der Waals surface area contributed by atoms with Crippen molar-refractivity contribution in [3.8, 4) is 0 Å². The van der Waals surface area contributed by atoms with E-state index in [2.05, 4.69) is 0 Å². The number of hydrogen-bond acceptors (Lipinski definition) is 2. The second kappa shape index (κ2) is 3.25. The van der Waals surface area contributed by atoms with E-state index in [4.69, 9.17) is 10.8 Å². The van der Waals surface area contributed by atoms with Gasteiger partial charge in [-0.25, -0.2) is 0 Å². The number of hydrogen-bond donors (Lipinski definition) is 2. The molecule has 0 amide bonds. The van der Waals surface area contributed by atoms with Crippen LogP contribution < -0.4 is 5.73 Å². The second-order valence-electron chi connectivity index (χ2n) is 1.11. The molecule has 1 atom stereocenters. The molecule has 0 bridgehead atoms. The van der Waals surface area contributed by atoms with Crippen LogP contribution in [0.3, 0.4) is 0 Å². The van der Waals surface area contributed by atoms with Crippen LogP contribution in [0.25, 0.3) is 0 Å². The molecule has 0 aromatic heterocycles. The first-order valence-electron chi connectivity index (χ1n) is 1.75. The third kappa shape index (κ3) is 2.86. The molecule has 0 saturated carbocycles. The predicted molar refractivity (Wildman–Crippen MR) is 26.2 cm³/mol. The molecule has 3 N–H and O–H groups in total. The number of carbonyl (C=O) groups is 1. The monoisotopic (exact) mass is 218 g/mol. The van der Waals surface area contributed by atoms with E-state index in [1.165, 1.54) is 0 Å². The topological polar surface area (TPSA) is 63.3 Å². The first kappa shape index (κ1) is 7.22. The van der Waals surface area contributed by atoms with Crippen molar-refractivity contribution in [1.82, 2.24) is 0 Å². The van der Waals surface area contributed by atoms with Crippen LogP contribution in [-0.4, -0.2) is 39.4 Å².